The van der Waals surface area contributed by atoms with Crippen LogP contribution < -0.4 is 0 Å². The van der Waals surface area contributed by atoms with Crippen LogP contribution in [0.25, 0.3) is 0 Å². The molecule has 0 aliphatic carbocycles. The number of carbonyl (C=O) groups is 2. The minimum Gasteiger partial charge on any atom is -0.469 e. The van der Waals surface area contributed by atoms with Crippen LogP contribution in [0.15, 0.2) is 0 Å². The van der Waals surface area contributed by atoms with Gasteiger partial charge in [0.2, 0.25) is 0 Å². The molecule has 4 nitrogen and oxygen atoms in total. The molecule has 0 bridgehead atoms. The second-order valence-corrected chi connectivity index (χ2v) is 6.30. The molecule has 2 atom stereocenters. The molecule has 0 amide bonds. The summed E-state index contributed by atoms with van der Waals surface area (Å²) in [5, 5.41) is 0. The Hall–Kier alpha value is -0.900. The lowest BCUT2D eigenvalue weighted by Gasteiger charge is -2.39. The molecule has 0 aromatic heterocycles. The van der Waals surface area contributed by atoms with Crippen molar-refractivity contribution in [2.75, 3.05) is 13.7 Å². The summed E-state index contributed by atoms with van der Waals surface area (Å²) in [6.45, 7) is 8.50. The highest BCUT2D eigenvalue weighted by Crippen LogP contribution is 2.36. The SMILES string of the molecule is COC(=O)CC(C(=O)C(C)C)C1CCOC(C)(C)C1. The quantitative estimate of drug-likeness (QED) is 0.721. The molecule has 4 heteroatoms. The first-order chi connectivity index (χ1) is 8.76. The van der Waals surface area contributed by atoms with Crippen LogP contribution in [0.2, 0.25) is 0 Å². The van der Waals surface area contributed by atoms with Gasteiger partial charge < -0.3 is 9.47 Å². The van der Waals surface area contributed by atoms with Gasteiger partial charge in [-0.25, -0.2) is 0 Å². The van der Waals surface area contributed by atoms with Crippen molar-refractivity contribution in [1.29, 1.82) is 0 Å². The molecular formula is C15H26O4. The summed E-state index contributed by atoms with van der Waals surface area (Å²) in [5.74, 6) is -0.231. The molecule has 110 valence electrons. The molecular weight excluding hydrogens is 244 g/mol. The first-order valence-corrected chi connectivity index (χ1v) is 7.01. The fourth-order valence-corrected chi connectivity index (χ4v) is 2.81. The summed E-state index contributed by atoms with van der Waals surface area (Å²) in [7, 11) is 1.37. The maximum Gasteiger partial charge on any atom is 0.306 e. The van der Waals surface area contributed by atoms with Gasteiger partial charge in [-0.05, 0) is 32.6 Å². The van der Waals surface area contributed by atoms with Crippen molar-refractivity contribution in [1.82, 2.24) is 0 Å². The van der Waals surface area contributed by atoms with Crippen molar-refractivity contribution in [2.24, 2.45) is 17.8 Å². The zero-order valence-electron chi connectivity index (χ0n) is 12.7. The van der Waals surface area contributed by atoms with Crippen molar-refractivity contribution >= 4 is 11.8 Å². The van der Waals surface area contributed by atoms with Crippen LogP contribution in [0, 0.1) is 17.8 Å². The summed E-state index contributed by atoms with van der Waals surface area (Å²) < 4.78 is 10.4. The summed E-state index contributed by atoms with van der Waals surface area (Å²) >= 11 is 0. The minimum atomic E-state index is -0.303. The van der Waals surface area contributed by atoms with E-state index in [9.17, 15) is 9.59 Å². The number of carbonyl (C=O) groups excluding carboxylic acids is 2. The van der Waals surface area contributed by atoms with Gasteiger partial charge in [-0.15, -0.1) is 0 Å². The highest BCUT2D eigenvalue weighted by molar-refractivity contribution is 5.87. The Morgan fingerprint density at radius 2 is 2.00 bits per heavy atom. The number of rotatable bonds is 5. The summed E-state index contributed by atoms with van der Waals surface area (Å²) in [6.07, 6.45) is 1.84. The molecule has 0 N–H and O–H groups in total. The number of Topliss-reactive ketones (excluding diaryl/α,β-unsaturated/α-hetero) is 1. The topological polar surface area (TPSA) is 52.6 Å². The molecule has 1 saturated heterocycles. The third-order valence-electron chi connectivity index (χ3n) is 3.85. The monoisotopic (exact) mass is 270 g/mol. The number of esters is 1. The summed E-state index contributed by atoms with van der Waals surface area (Å²) in [4.78, 5) is 23.9. The average molecular weight is 270 g/mol. The summed E-state index contributed by atoms with van der Waals surface area (Å²) in [6, 6.07) is 0. The zero-order chi connectivity index (χ0) is 14.6. The van der Waals surface area contributed by atoms with E-state index in [1.54, 1.807) is 0 Å². The van der Waals surface area contributed by atoms with Gasteiger partial charge in [-0.2, -0.15) is 0 Å². The molecule has 19 heavy (non-hydrogen) atoms. The molecule has 0 aromatic rings. The average Bonchev–Trinajstić information content (AvgIpc) is 2.33. The van der Waals surface area contributed by atoms with E-state index in [4.69, 9.17) is 9.47 Å². The van der Waals surface area contributed by atoms with Crippen LogP contribution in [0.4, 0.5) is 0 Å². The first-order valence-electron chi connectivity index (χ1n) is 7.01. The second kappa shape index (κ2) is 6.51. The second-order valence-electron chi connectivity index (χ2n) is 6.30. The van der Waals surface area contributed by atoms with Crippen molar-refractivity contribution in [3.05, 3.63) is 0 Å². The maximum atomic E-state index is 12.4. The molecule has 0 radical (unpaired) electrons. The highest BCUT2D eigenvalue weighted by Gasteiger charge is 2.38. The molecule has 1 aliphatic heterocycles. The normalized spacial score (nSPS) is 24.0. The van der Waals surface area contributed by atoms with Gasteiger partial charge in [-0.3, -0.25) is 9.59 Å². The van der Waals surface area contributed by atoms with Gasteiger partial charge in [0.1, 0.15) is 5.78 Å². The third kappa shape index (κ3) is 4.60. The van der Waals surface area contributed by atoms with Crippen LogP contribution in [0.1, 0.15) is 47.0 Å². The Kier molecular flexibility index (Phi) is 5.53. The molecule has 2 unspecified atom stereocenters. The number of hydrogen-bond acceptors (Lipinski definition) is 4. The van der Waals surface area contributed by atoms with E-state index in [0.29, 0.717) is 6.61 Å². The molecule has 1 heterocycles. The number of ether oxygens (including phenoxy) is 2. The van der Waals surface area contributed by atoms with Crippen LogP contribution in [0.3, 0.4) is 0 Å². The Morgan fingerprint density at radius 1 is 1.37 bits per heavy atom. The molecule has 0 aromatic carbocycles. The lowest BCUT2D eigenvalue weighted by Crippen LogP contribution is -2.40. The lowest BCUT2D eigenvalue weighted by atomic mass is 9.74. The highest BCUT2D eigenvalue weighted by atomic mass is 16.5. The molecule has 1 aliphatic rings. The van der Waals surface area contributed by atoms with Crippen LogP contribution in [-0.4, -0.2) is 31.1 Å². The minimum absolute atomic E-state index is 0.0550. The van der Waals surface area contributed by atoms with E-state index in [-0.39, 0.29) is 41.5 Å². The molecule has 0 saturated carbocycles. The van der Waals surface area contributed by atoms with E-state index in [1.165, 1.54) is 7.11 Å². The molecule has 0 spiro atoms. The van der Waals surface area contributed by atoms with Crippen molar-refractivity contribution in [3.8, 4) is 0 Å². The van der Waals surface area contributed by atoms with Crippen LogP contribution >= 0.6 is 0 Å². The first kappa shape index (κ1) is 16.2. The predicted molar refractivity (Wildman–Crippen MR) is 72.7 cm³/mol. The van der Waals surface area contributed by atoms with E-state index >= 15 is 0 Å². The number of hydrogen-bond donors (Lipinski definition) is 0. The van der Waals surface area contributed by atoms with Crippen molar-refractivity contribution in [2.45, 2.75) is 52.6 Å². The number of ketones is 1. The van der Waals surface area contributed by atoms with Crippen LogP contribution in [-0.2, 0) is 19.1 Å². The van der Waals surface area contributed by atoms with Crippen molar-refractivity contribution in [3.63, 3.8) is 0 Å². The van der Waals surface area contributed by atoms with Crippen LogP contribution in [0.5, 0.6) is 0 Å². The Labute approximate surface area is 115 Å². The van der Waals surface area contributed by atoms with Gasteiger partial charge in [0.05, 0.1) is 19.1 Å². The predicted octanol–water partition coefficient (Wildman–Crippen LogP) is 2.60. The van der Waals surface area contributed by atoms with Gasteiger partial charge in [0.25, 0.3) is 0 Å². The zero-order valence-corrected chi connectivity index (χ0v) is 12.7. The largest absolute Gasteiger partial charge is 0.469 e. The molecule has 1 fully saturated rings. The smallest absolute Gasteiger partial charge is 0.306 e. The van der Waals surface area contributed by atoms with Gasteiger partial charge in [0, 0.05) is 18.4 Å². The standard InChI is InChI=1S/C15H26O4/c1-10(2)14(17)12(8-13(16)18-5)11-6-7-19-15(3,4)9-11/h10-12H,6-9H2,1-5H3. The van der Waals surface area contributed by atoms with E-state index in [0.717, 1.165) is 12.8 Å². The lowest BCUT2D eigenvalue weighted by molar-refractivity contribution is -0.148. The van der Waals surface area contributed by atoms with E-state index in [2.05, 4.69) is 0 Å². The summed E-state index contributed by atoms with van der Waals surface area (Å²) in [5.41, 5.74) is -0.214. The van der Waals surface area contributed by atoms with Gasteiger partial charge in [-0.1, -0.05) is 13.8 Å². The Morgan fingerprint density at radius 3 is 2.47 bits per heavy atom. The van der Waals surface area contributed by atoms with Gasteiger partial charge >= 0.3 is 5.97 Å². The van der Waals surface area contributed by atoms with Gasteiger partial charge in [0.15, 0.2) is 0 Å². The van der Waals surface area contributed by atoms with E-state index in [1.807, 2.05) is 27.7 Å². The Bertz CT molecular complexity index is 333. The third-order valence-corrected chi connectivity index (χ3v) is 3.85. The fraction of sp³-hybridized carbons (Fsp3) is 0.867. The van der Waals surface area contributed by atoms with Crippen molar-refractivity contribution < 1.29 is 19.1 Å². The fourth-order valence-electron chi connectivity index (χ4n) is 2.81. The molecule has 1 rings (SSSR count). The maximum absolute atomic E-state index is 12.4. The number of methoxy groups -OCH3 is 1. The van der Waals surface area contributed by atoms with E-state index < -0.39 is 0 Å². The Balaban J connectivity index is 2.83.